The van der Waals surface area contributed by atoms with Crippen LogP contribution in [-0.4, -0.2) is 28.2 Å². The number of aromatic amines is 1. The number of aromatic nitrogens is 3. The molecule has 1 amide bonds. The Bertz CT molecular complexity index is 882. The minimum absolute atomic E-state index is 0.158. The summed E-state index contributed by atoms with van der Waals surface area (Å²) in [5.41, 5.74) is 4.12. The Morgan fingerprint density at radius 1 is 1.29 bits per heavy atom. The van der Waals surface area contributed by atoms with Gasteiger partial charge in [0.1, 0.15) is 0 Å². The van der Waals surface area contributed by atoms with E-state index in [4.69, 9.17) is 4.74 Å². The molecule has 0 fully saturated rings. The highest BCUT2D eigenvalue weighted by Gasteiger charge is 2.19. The van der Waals surface area contributed by atoms with Crippen molar-refractivity contribution in [3.8, 4) is 5.88 Å². The number of hydrogen-bond donors (Lipinski definition) is 2. The summed E-state index contributed by atoms with van der Waals surface area (Å²) in [5.74, 6) is 0.251. The SMILES string of the molecule is COc1cc(C(=O)NC(C)c2c(C)n[nH]c2C)c2ccccc2n1. The summed E-state index contributed by atoms with van der Waals surface area (Å²) in [6.07, 6.45) is 0. The van der Waals surface area contributed by atoms with Gasteiger partial charge >= 0.3 is 0 Å². The quantitative estimate of drug-likeness (QED) is 0.773. The molecule has 2 N–H and O–H groups in total. The number of carbonyl (C=O) groups is 1. The first kappa shape index (κ1) is 16.0. The first-order chi connectivity index (χ1) is 11.5. The number of H-pyrrole nitrogens is 1. The molecule has 124 valence electrons. The number of carbonyl (C=O) groups excluding carboxylic acids is 1. The Morgan fingerprint density at radius 2 is 2.04 bits per heavy atom. The van der Waals surface area contributed by atoms with Crippen LogP contribution in [0.2, 0.25) is 0 Å². The van der Waals surface area contributed by atoms with E-state index in [2.05, 4.69) is 20.5 Å². The van der Waals surface area contributed by atoms with Gasteiger partial charge in [0, 0.05) is 22.7 Å². The van der Waals surface area contributed by atoms with Crippen LogP contribution in [0.3, 0.4) is 0 Å². The molecule has 3 rings (SSSR count). The molecule has 0 spiro atoms. The van der Waals surface area contributed by atoms with Crippen molar-refractivity contribution < 1.29 is 9.53 Å². The maximum absolute atomic E-state index is 12.8. The average molecular weight is 324 g/mol. The van der Waals surface area contributed by atoms with E-state index in [0.717, 1.165) is 27.9 Å². The van der Waals surface area contributed by atoms with Crippen LogP contribution in [0.25, 0.3) is 10.9 Å². The van der Waals surface area contributed by atoms with Crippen molar-refractivity contribution >= 4 is 16.8 Å². The van der Waals surface area contributed by atoms with E-state index in [1.807, 2.05) is 45.0 Å². The number of pyridine rings is 1. The fourth-order valence-electron chi connectivity index (χ4n) is 2.99. The van der Waals surface area contributed by atoms with Crippen molar-refractivity contribution in [1.82, 2.24) is 20.5 Å². The Hall–Kier alpha value is -2.89. The predicted molar refractivity (Wildman–Crippen MR) is 92.2 cm³/mol. The van der Waals surface area contributed by atoms with Gasteiger partial charge in [-0.25, -0.2) is 4.98 Å². The summed E-state index contributed by atoms with van der Waals surface area (Å²) >= 11 is 0. The van der Waals surface area contributed by atoms with Gasteiger partial charge < -0.3 is 10.1 Å². The van der Waals surface area contributed by atoms with Crippen molar-refractivity contribution in [2.24, 2.45) is 0 Å². The maximum atomic E-state index is 12.8. The number of methoxy groups -OCH3 is 1. The number of para-hydroxylation sites is 1. The van der Waals surface area contributed by atoms with Gasteiger partial charge in [0.05, 0.1) is 29.9 Å². The molecule has 2 heterocycles. The highest BCUT2D eigenvalue weighted by Crippen LogP contribution is 2.24. The van der Waals surface area contributed by atoms with E-state index in [1.165, 1.54) is 0 Å². The van der Waals surface area contributed by atoms with Gasteiger partial charge in [0.15, 0.2) is 0 Å². The Morgan fingerprint density at radius 3 is 2.71 bits per heavy atom. The van der Waals surface area contributed by atoms with Crippen LogP contribution in [0.15, 0.2) is 30.3 Å². The lowest BCUT2D eigenvalue weighted by atomic mass is 10.0. The zero-order valence-electron chi connectivity index (χ0n) is 14.2. The van der Waals surface area contributed by atoms with Crippen molar-refractivity contribution in [3.63, 3.8) is 0 Å². The topological polar surface area (TPSA) is 79.9 Å². The first-order valence-corrected chi connectivity index (χ1v) is 7.77. The fourth-order valence-corrected chi connectivity index (χ4v) is 2.99. The summed E-state index contributed by atoms with van der Waals surface area (Å²) in [5, 5.41) is 11.0. The van der Waals surface area contributed by atoms with E-state index >= 15 is 0 Å². The highest BCUT2D eigenvalue weighted by atomic mass is 16.5. The Balaban J connectivity index is 1.97. The summed E-state index contributed by atoms with van der Waals surface area (Å²) in [6, 6.07) is 9.03. The molecule has 1 atom stereocenters. The largest absolute Gasteiger partial charge is 0.481 e. The Labute approximate surface area is 140 Å². The second kappa shape index (κ2) is 6.31. The number of ether oxygens (including phenoxy) is 1. The summed E-state index contributed by atoms with van der Waals surface area (Å²) in [4.78, 5) is 17.2. The molecule has 0 bridgehead atoms. The Kier molecular flexibility index (Phi) is 4.20. The number of nitrogens with one attached hydrogen (secondary N) is 2. The number of fused-ring (bicyclic) bond motifs is 1. The zero-order valence-corrected chi connectivity index (χ0v) is 14.2. The molecule has 0 aliphatic carbocycles. The number of aryl methyl sites for hydroxylation is 2. The maximum Gasteiger partial charge on any atom is 0.252 e. The lowest BCUT2D eigenvalue weighted by molar-refractivity contribution is 0.0941. The van der Waals surface area contributed by atoms with Crippen LogP contribution < -0.4 is 10.1 Å². The first-order valence-electron chi connectivity index (χ1n) is 7.77. The molecule has 6 heteroatoms. The van der Waals surface area contributed by atoms with Gasteiger partial charge in [-0.2, -0.15) is 5.10 Å². The highest BCUT2D eigenvalue weighted by molar-refractivity contribution is 6.06. The molecular weight excluding hydrogens is 304 g/mol. The van der Waals surface area contributed by atoms with E-state index in [0.29, 0.717) is 11.4 Å². The predicted octanol–water partition coefficient (Wildman–Crippen LogP) is 3.07. The summed E-state index contributed by atoms with van der Waals surface area (Å²) in [7, 11) is 1.54. The number of amides is 1. The van der Waals surface area contributed by atoms with Crippen molar-refractivity contribution in [2.45, 2.75) is 26.8 Å². The third kappa shape index (κ3) is 2.82. The standard InChI is InChI=1S/C18H20N4O2/c1-10(17-11(2)21-22-12(17)3)19-18(23)14-9-16(24-4)20-15-8-6-5-7-13(14)15/h5-10H,1-4H3,(H,19,23)(H,21,22). The molecule has 0 radical (unpaired) electrons. The minimum Gasteiger partial charge on any atom is -0.481 e. The number of nitrogens with zero attached hydrogens (tertiary/aromatic N) is 2. The normalized spacial score (nSPS) is 12.2. The van der Waals surface area contributed by atoms with Gasteiger partial charge in [0.2, 0.25) is 5.88 Å². The molecule has 1 unspecified atom stereocenters. The number of hydrogen-bond acceptors (Lipinski definition) is 4. The summed E-state index contributed by atoms with van der Waals surface area (Å²) < 4.78 is 5.22. The molecule has 3 aromatic rings. The molecule has 2 aromatic heterocycles. The van der Waals surface area contributed by atoms with Gasteiger partial charge in [0.25, 0.3) is 5.91 Å². The lowest BCUT2D eigenvalue weighted by Crippen LogP contribution is -2.27. The third-order valence-corrected chi connectivity index (χ3v) is 4.11. The molecule has 0 aliphatic heterocycles. The summed E-state index contributed by atoms with van der Waals surface area (Å²) in [6.45, 7) is 5.82. The van der Waals surface area contributed by atoms with Gasteiger partial charge in [-0.15, -0.1) is 0 Å². The van der Waals surface area contributed by atoms with Crippen LogP contribution in [0.1, 0.15) is 40.3 Å². The lowest BCUT2D eigenvalue weighted by Gasteiger charge is -2.16. The second-order valence-corrected chi connectivity index (χ2v) is 5.77. The molecule has 24 heavy (non-hydrogen) atoms. The average Bonchev–Trinajstić information content (AvgIpc) is 2.92. The molecule has 0 saturated heterocycles. The van der Waals surface area contributed by atoms with E-state index < -0.39 is 0 Å². The molecule has 0 aliphatic rings. The van der Waals surface area contributed by atoms with Crippen molar-refractivity contribution in [2.75, 3.05) is 7.11 Å². The zero-order chi connectivity index (χ0) is 17.3. The fraction of sp³-hybridized carbons (Fsp3) is 0.278. The van der Waals surface area contributed by atoms with Crippen LogP contribution in [-0.2, 0) is 0 Å². The number of rotatable bonds is 4. The van der Waals surface area contributed by atoms with E-state index in [1.54, 1.807) is 13.2 Å². The van der Waals surface area contributed by atoms with E-state index in [-0.39, 0.29) is 11.9 Å². The van der Waals surface area contributed by atoms with Crippen molar-refractivity contribution in [3.05, 3.63) is 52.8 Å². The van der Waals surface area contributed by atoms with Crippen LogP contribution >= 0.6 is 0 Å². The van der Waals surface area contributed by atoms with Gasteiger partial charge in [-0.05, 0) is 26.8 Å². The molecule has 6 nitrogen and oxygen atoms in total. The second-order valence-electron chi connectivity index (χ2n) is 5.77. The molecule has 0 saturated carbocycles. The van der Waals surface area contributed by atoms with Gasteiger partial charge in [-0.1, -0.05) is 18.2 Å². The monoisotopic (exact) mass is 324 g/mol. The third-order valence-electron chi connectivity index (χ3n) is 4.11. The van der Waals surface area contributed by atoms with Crippen LogP contribution in [0.4, 0.5) is 0 Å². The van der Waals surface area contributed by atoms with Crippen LogP contribution in [0.5, 0.6) is 5.88 Å². The van der Waals surface area contributed by atoms with E-state index in [9.17, 15) is 4.79 Å². The molecular formula is C18H20N4O2. The molecule has 1 aromatic carbocycles. The number of benzene rings is 1. The minimum atomic E-state index is -0.167. The van der Waals surface area contributed by atoms with Gasteiger partial charge in [-0.3, -0.25) is 9.89 Å². The van der Waals surface area contributed by atoms with Crippen molar-refractivity contribution in [1.29, 1.82) is 0 Å². The van der Waals surface area contributed by atoms with Crippen LogP contribution in [0, 0.1) is 13.8 Å². The smallest absolute Gasteiger partial charge is 0.252 e.